The van der Waals surface area contributed by atoms with Crippen molar-refractivity contribution >= 4 is 40.7 Å². The molecule has 0 aliphatic carbocycles. The number of aryl methyl sites for hydroxylation is 1. The minimum Gasteiger partial charge on any atom is -0.493 e. The van der Waals surface area contributed by atoms with Crippen molar-refractivity contribution in [3.05, 3.63) is 36.2 Å². The Balaban J connectivity index is 1.38. The molecular formula is C25H30N6O3S. The topological polar surface area (TPSA) is 119 Å². The summed E-state index contributed by atoms with van der Waals surface area (Å²) >= 11 is 1.56. The number of hydrogen-bond acceptors (Lipinski definition) is 8. The predicted molar refractivity (Wildman–Crippen MR) is 135 cm³/mol. The number of carbonyl (C=O) groups is 1. The highest BCUT2D eigenvalue weighted by molar-refractivity contribution is 7.99. The van der Waals surface area contributed by atoms with Gasteiger partial charge < -0.3 is 25.0 Å². The Bertz CT molecular complexity index is 1270. The maximum Gasteiger partial charge on any atom is 0.251 e. The van der Waals surface area contributed by atoms with Crippen LogP contribution < -0.4 is 10.5 Å². The number of aromatic nitrogens is 4. The summed E-state index contributed by atoms with van der Waals surface area (Å²) in [6.45, 7) is 8.30. The fourth-order valence-corrected chi connectivity index (χ4v) is 5.85. The molecule has 2 aliphatic heterocycles. The predicted octanol–water partition coefficient (Wildman–Crippen LogP) is 3.15. The summed E-state index contributed by atoms with van der Waals surface area (Å²) in [6.07, 6.45) is 6.06. The fraction of sp³-hybridized carbons (Fsp3) is 0.440. The van der Waals surface area contributed by atoms with E-state index in [1.807, 2.05) is 6.08 Å². The van der Waals surface area contributed by atoms with Crippen LogP contribution in [0.4, 0.5) is 5.82 Å². The Labute approximate surface area is 208 Å². The molecule has 3 aromatic rings. The maximum absolute atomic E-state index is 12.1. The second kappa shape index (κ2) is 9.87. The van der Waals surface area contributed by atoms with Gasteiger partial charge in [-0.2, -0.15) is 0 Å². The number of fused-ring (bicyclic) bond motifs is 2. The number of aliphatic hydroxyl groups is 1. The molecule has 9 nitrogen and oxygen atoms in total. The third kappa shape index (κ3) is 4.72. The first-order valence-electron chi connectivity index (χ1n) is 12.0. The summed E-state index contributed by atoms with van der Waals surface area (Å²) < 4.78 is 7.91. The number of nitrogen functional groups attached to an aromatic ring is 1. The number of hydrogen-bond donors (Lipinski definition) is 2. The molecule has 1 fully saturated rings. The van der Waals surface area contributed by atoms with Crippen LogP contribution in [0.2, 0.25) is 0 Å². The molecule has 1 atom stereocenters. The number of aliphatic hydroxyl groups excluding tert-OH is 1. The molecular weight excluding hydrogens is 464 g/mol. The van der Waals surface area contributed by atoms with Crippen LogP contribution in [0.15, 0.2) is 35.1 Å². The number of ether oxygens (including phenoxy) is 1. The number of nitrogens with two attached hydrogens (primary N) is 1. The molecule has 0 unspecified atom stereocenters. The van der Waals surface area contributed by atoms with Crippen LogP contribution in [0, 0.1) is 5.92 Å². The van der Waals surface area contributed by atoms with E-state index in [0.717, 1.165) is 59.2 Å². The van der Waals surface area contributed by atoms with Gasteiger partial charge in [-0.15, -0.1) is 0 Å². The quantitative estimate of drug-likeness (QED) is 0.514. The molecule has 1 aromatic carbocycles. The summed E-state index contributed by atoms with van der Waals surface area (Å²) in [5.74, 6) is 1.56. The zero-order valence-corrected chi connectivity index (χ0v) is 20.6. The van der Waals surface area contributed by atoms with Crippen molar-refractivity contribution in [2.45, 2.75) is 55.3 Å². The Morgan fingerprint density at radius 3 is 2.91 bits per heavy atom. The van der Waals surface area contributed by atoms with Crippen molar-refractivity contribution in [1.29, 1.82) is 0 Å². The fourth-order valence-electron chi connectivity index (χ4n) is 4.80. The van der Waals surface area contributed by atoms with Crippen LogP contribution in [-0.2, 0) is 17.8 Å². The highest BCUT2D eigenvalue weighted by atomic mass is 32.2. The molecule has 4 heterocycles. The van der Waals surface area contributed by atoms with Gasteiger partial charge in [-0.3, -0.25) is 4.79 Å². The first-order valence-corrected chi connectivity index (χ1v) is 12.8. The normalized spacial score (nSPS) is 16.8. The van der Waals surface area contributed by atoms with Gasteiger partial charge in [0.1, 0.15) is 18.2 Å². The molecule has 2 aliphatic rings. The van der Waals surface area contributed by atoms with E-state index >= 15 is 0 Å². The summed E-state index contributed by atoms with van der Waals surface area (Å²) in [5.41, 5.74) is 9.71. The average Bonchev–Trinajstić information content (AvgIpc) is 3.46. The number of imidazole rings is 1. The van der Waals surface area contributed by atoms with Crippen LogP contribution in [0.3, 0.4) is 0 Å². The zero-order valence-electron chi connectivity index (χ0n) is 19.8. The Hall–Kier alpha value is -3.11. The van der Waals surface area contributed by atoms with Crippen LogP contribution in [0.5, 0.6) is 5.75 Å². The van der Waals surface area contributed by atoms with Gasteiger partial charge in [0.15, 0.2) is 22.1 Å². The van der Waals surface area contributed by atoms with Crippen molar-refractivity contribution in [2.24, 2.45) is 5.92 Å². The Morgan fingerprint density at radius 2 is 2.17 bits per heavy atom. The van der Waals surface area contributed by atoms with Gasteiger partial charge in [-0.25, -0.2) is 15.0 Å². The van der Waals surface area contributed by atoms with Gasteiger partial charge in [-0.1, -0.05) is 24.4 Å². The molecule has 0 bridgehead atoms. The van der Waals surface area contributed by atoms with E-state index < -0.39 is 6.10 Å². The molecule has 184 valence electrons. The van der Waals surface area contributed by atoms with E-state index in [2.05, 4.69) is 33.2 Å². The molecule has 0 saturated carbocycles. The van der Waals surface area contributed by atoms with Crippen molar-refractivity contribution in [3.63, 3.8) is 0 Å². The molecule has 3 N–H and O–H groups in total. The molecule has 10 heteroatoms. The smallest absolute Gasteiger partial charge is 0.251 e. The van der Waals surface area contributed by atoms with Gasteiger partial charge in [0, 0.05) is 31.0 Å². The summed E-state index contributed by atoms with van der Waals surface area (Å²) in [6, 6.07) is 4.21. The Morgan fingerprint density at radius 1 is 1.37 bits per heavy atom. The van der Waals surface area contributed by atoms with Crippen LogP contribution in [0.25, 0.3) is 17.2 Å². The van der Waals surface area contributed by atoms with Crippen molar-refractivity contribution in [2.75, 3.05) is 25.4 Å². The monoisotopic (exact) mass is 494 g/mol. The van der Waals surface area contributed by atoms with Crippen molar-refractivity contribution < 1.29 is 14.6 Å². The van der Waals surface area contributed by atoms with Gasteiger partial charge in [-0.05, 0) is 55.4 Å². The number of piperidine rings is 1. The van der Waals surface area contributed by atoms with Gasteiger partial charge in [0.2, 0.25) is 0 Å². The third-order valence-corrected chi connectivity index (χ3v) is 7.88. The molecule has 5 rings (SSSR count). The van der Waals surface area contributed by atoms with E-state index in [9.17, 15) is 9.90 Å². The molecule has 35 heavy (non-hydrogen) atoms. The number of likely N-dealkylation sites (tertiary alicyclic amines) is 1. The number of anilines is 1. The van der Waals surface area contributed by atoms with E-state index in [1.165, 1.54) is 18.8 Å². The van der Waals surface area contributed by atoms with E-state index in [1.54, 1.807) is 16.7 Å². The largest absolute Gasteiger partial charge is 0.493 e. The highest BCUT2D eigenvalue weighted by Gasteiger charge is 2.26. The van der Waals surface area contributed by atoms with Gasteiger partial charge >= 0.3 is 0 Å². The van der Waals surface area contributed by atoms with Gasteiger partial charge in [0.05, 0.1) is 6.61 Å². The lowest BCUT2D eigenvalue weighted by molar-refractivity contribution is -0.140. The van der Waals surface area contributed by atoms with E-state index in [0.29, 0.717) is 36.9 Å². The molecule has 1 saturated heterocycles. The third-order valence-electron chi connectivity index (χ3n) is 6.81. The minimum atomic E-state index is -0.946. The lowest BCUT2D eigenvalue weighted by atomic mass is 9.93. The lowest BCUT2D eigenvalue weighted by Gasteiger charge is -2.32. The number of rotatable bonds is 7. The summed E-state index contributed by atoms with van der Waals surface area (Å²) in [7, 11) is 0. The number of amides is 1. The summed E-state index contributed by atoms with van der Waals surface area (Å²) in [5, 5.41) is 10.4. The molecule has 2 aromatic heterocycles. The van der Waals surface area contributed by atoms with Crippen LogP contribution >= 0.6 is 11.8 Å². The second-order valence-corrected chi connectivity index (χ2v) is 10.1. The summed E-state index contributed by atoms with van der Waals surface area (Å²) in [4.78, 5) is 28.3. The molecule has 1 amide bonds. The maximum atomic E-state index is 12.1. The standard InChI is InChI=1S/C25H30N6O3S/c1-3-17-12-18-7-11-34-19(18)13-20(17)35-25-29-21-22(26)27-14-28-23(21)31(25)10-6-16-4-8-30(9-5-16)24(33)15(2)32/h3,12-16,32H,1,4-11H2,2H3,(H2,26,27,28)/t15-/m0/s1. The Kier molecular flexibility index (Phi) is 6.66. The average molecular weight is 495 g/mol. The zero-order chi connectivity index (χ0) is 24.5. The van der Waals surface area contributed by atoms with E-state index in [4.69, 9.17) is 15.5 Å². The SMILES string of the molecule is C=Cc1cc2c(cc1Sc1nc3c(N)ncnc3n1CCC1CCN(C(=O)[C@H](C)O)CC1)OCC2. The van der Waals surface area contributed by atoms with E-state index in [-0.39, 0.29) is 5.91 Å². The van der Waals surface area contributed by atoms with Crippen molar-refractivity contribution in [1.82, 2.24) is 24.4 Å². The van der Waals surface area contributed by atoms with Crippen LogP contribution in [-0.4, -0.2) is 61.2 Å². The first-order chi connectivity index (χ1) is 16.9. The number of carbonyl (C=O) groups excluding carboxylic acids is 1. The van der Waals surface area contributed by atoms with Gasteiger partial charge in [0.25, 0.3) is 5.91 Å². The lowest BCUT2D eigenvalue weighted by Crippen LogP contribution is -2.43. The molecule has 0 spiro atoms. The van der Waals surface area contributed by atoms with Crippen LogP contribution in [0.1, 0.15) is 37.3 Å². The second-order valence-electron chi connectivity index (χ2n) is 9.11. The number of nitrogens with zero attached hydrogens (tertiary/aromatic N) is 5. The highest BCUT2D eigenvalue weighted by Crippen LogP contribution is 2.39. The minimum absolute atomic E-state index is 0.189. The molecule has 0 radical (unpaired) electrons. The number of benzene rings is 1. The van der Waals surface area contributed by atoms with Crippen molar-refractivity contribution in [3.8, 4) is 5.75 Å². The first kappa shape index (κ1) is 23.6.